The summed E-state index contributed by atoms with van der Waals surface area (Å²) < 4.78 is 15.2. The molecule has 0 radical (unpaired) electrons. The molecule has 3 aliphatic rings. The summed E-state index contributed by atoms with van der Waals surface area (Å²) in [4.78, 5) is 71.3. The predicted octanol–water partition coefficient (Wildman–Crippen LogP) is 1.66. The lowest BCUT2D eigenvalue weighted by Crippen LogP contribution is -2.54. The molecule has 13 heteroatoms. The van der Waals surface area contributed by atoms with Crippen LogP contribution in [-0.4, -0.2) is 76.5 Å². The topological polar surface area (TPSA) is 158 Å². The Morgan fingerprint density at radius 3 is 2.55 bits per heavy atom. The van der Waals surface area contributed by atoms with Crippen molar-refractivity contribution in [1.82, 2.24) is 20.1 Å². The Kier molecular flexibility index (Phi) is 7.78. The first kappa shape index (κ1) is 28.9. The molecule has 0 spiro atoms. The summed E-state index contributed by atoms with van der Waals surface area (Å²) >= 11 is 0. The molecule has 226 valence electrons. The zero-order chi connectivity index (χ0) is 31.0. The largest absolute Gasteiger partial charge is 0.380 e. The smallest absolute Gasteiger partial charge is 0.269 e. The fourth-order valence-corrected chi connectivity index (χ4v) is 5.93. The molecule has 0 bridgehead atoms. The number of aromatic nitrogens is 1. The van der Waals surface area contributed by atoms with Crippen LogP contribution in [0.2, 0.25) is 0 Å². The third kappa shape index (κ3) is 5.49. The fourth-order valence-electron chi connectivity index (χ4n) is 5.93. The maximum absolute atomic E-state index is 15.2. The van der Waals surface area contributed by atoms with Crippen LogP contribution < -0.4 is 21.3 Å². The number of piperidine rings is 1. The molecular weight excluding hydrogens is 569 g/mol. The average molecular weight is 600 g/mol. The minimum Gasteiger partial charge on any atom is -0.380 e. The van der Waals surface area contributed by atoms with Crippen LogP contribution in [0.25, 0.3) is 0 Å². The van der Waals surface area contributed by atoms with Gasteiger partial charge in [0.25, 0.3) is 17.7 Å². The first-order chi connectivity index (χ1) is 21.2. The van der Waals surface area contributed by atoms with Gasteiger partial charge in [-0.25, -0.2) is 9.37 Å². The molecular formula is C31H30FN7O5. The number of nitrogens with two attached hydrogens (primary N) is 1. The number of benzene rings is 2. The summed E-state index contributed by atoms with van der Waals surface area (Å²) in [7, 11) is 0. The zero-order valence-corrected chi connectivity index (χ0v) is 23.7. The first-order valence-corrected chi connectivity index (χ1v) is 14.3. The molecule has 1 aromatic heterocycles. The van der Waals surface area contributed by atoms with Gasteiger partial charge in [-0.05, 0) is 42.3 Å². The minimum atomic E-state index is -1.07. The molecule has 1 atom stereocenters. The van der Waals surface area contributed by atoms with Crippen molar-refractivity contribution in [3.8, 4) is 0 Å². The van der Waals surface area contributed by atoms with Crippen molar-refractivity contribution in [2.45, 2.75) is 32.0 Å². The Bertz CT molecular complexity index is 1690. The summed E-state index contributed by atoms with van der Waals surface area (Å²) in [5.41, 5.74) is 8.24. The van der Waals surface area contributed by atoms with Crippen LogP contribution in [0.3, 0.4) is 0 Å². The lowest BCUT2D eigenvalue weighted by molar-refractivity contribution is -0.136. The highest BCUT2D eigenvalue weighted by atomic mass is 19.1. The molecule has 4 heterocycles. The standard InChI is InChI=1S/C31H30FN7O5/c32-21-15-18(17-37-11-13-38(14-12-37)23-5-2-10-34-27(23)28(33)41)6-7-19(21)16-35-22-4-1-3-20-26(22)31(44)39(30(20)43)24-8-9-25(40)36-29(24)42/h1-7,10,15,24,35H,8-9,11-14,16-17H2,(H2,33,41)(H,36,40,42). The first-order valence-electron chi connectivity index (χ1n) is 14.3. The van der Waals surface area contributed by atoms with E-state index in [1.54, 1.807) is 24.3 Å². The number of carbonyl (C=O) groups is 5. The van der Waals surface area contributed by atoms with E-state index in [0.29, 0.717) is 49.7 Å². The number of imide groups is 2. The van der Waals surface area contributed by atoms with Crippen LogP contribution in [0, 0.1) is 5.82 Å². The number of anilines is 2. The second-order valence-electron chi connectivity index (χ2n) is 11.0. The van der Waals surface area contributed by atoms with Gasteiger partial charge in [0.15, 0.2) is 5.69 Å². The van der Waals surface area contributed by atoms with Crippen molar-refractivity contribution in [3.63, 3.8) is 0 Å². The van der Waals surface area contributed by atoms with Crippen molar-refractivity contribution in [2.24, 2.45) is 5.73 Å². The number of pyridine rings is 1. The van der Waals surface area contributed by atoms with Crippen LogP contribution >= 0.6 is 0 Å². The third-order valence-corrected chi connectivity index (χ3v) is 8.19. The Morgan fingerprint density at radius 2 is 1.82 bits per heavy atom. The number of hydrogen-bond donors (Lipinski definition) is 3. The van der Waals surface area contributed by atoms with Crippen molar-refractivity contribution in [1.29, 1.82) is 0 Å². The van der Waals surface area contributed by atoms with Gasteiger partial charge in [-0.15, -0.1) is 0 Å². The second kappa shape index (κ2) is 11.8. The highest BCUT2D eigenvalue weighted by Gasteiger charge is 2.45. The molecule has 2 saturated heterocycles. The summed E-state index contributed by atoms with van der Waals surface area (Å²) in [5.74, 6) is -3.34. The molecule has 2 aromatic carbocycles. The fraction of sp³-hybridized carbons (Fsp3) is 0.290. The lowest BCUT2D eigenvalue weighted by Gasteiger charge is -2.36. The van der Waals surface area contributed by atoms with Gasteiger partial charge < -0.3 is 16.0 Å². The maximum Gasteiger partial charge on any atom is 0.269 e. The maximum atomic E-state index is 15.2. The van der Waals surface area contributed by atoms with Crippen LogP contribution in [0.4, 0.5) is 15.8 Å². The molecule has 3 aliphatic heterocycles. The van der Waals surface area contributed by atoms with Crippen molar-refractivity contribution in [3.05, 3.63) is 88.5 Å². The summed E-state index contributed by atoms with van der Waals surface area (Å²) in [5, 5.41) is 5.26. The van der Waals surface area contributed by atoms with Gasteiger partial charge in [0, 0.05) is 63.1 Å². The molecule has 44 heavy (non-hydrogen) atoms. The molecule has 0 saturated carbocycles. The Labute approximate surface area is 252 Å². The number of hydrogen-bond acceptors (Lipinski definition) is 9. The highest BCUT2D eigenvalue weighted by molar-refractivity contribution is 6.25. The number of nitrogens with one attached hydrogen (secondary N) is 2. The van der Waals surface area contributed by atoms with E-state index < -0.39 is 41.4 Å². The van der Waals surface area contributed by atoms with Crippen LogP contribution in [0.15, 0.2) is 54.7 Å². The van der Waals surface area contributed by atoms with Gasteiger partial charge >= 0.3 is 0 Å². The van der Waals surface area contributed by atoms with Crippen molar-refractivity contribution >= 4 is 40.9 Å². The second-order valence-corrected chi connectivity index (χ2v) is 11.0. The molecule has 12 nitrogen and oxygen atoms in total. The molecule has 6 rings (SSSR count). The van der Waals surface area contributed by atoms with E-state index >= 15 is 4.39 Å². The Balaban J connectivity index is 1.08. The predicted molar refractivity (Wildman–Crippen MR) is 157 cm³/mol. The molecule has 5 amide bonds. The quantitative estimate of drug-likeness (QED) is 0.328. The summed E-state index contributed by atoms with van der Waals surface area (Å²) in [6.45, 7) is 3.36. The summed E-state index contributed by atoms with van der Waals surface area (Å²) in [6.07, 6.45) is 1.63. The Hall–Kier alpha value is -5.17. The highest BCUT2D eigenvalue weighted by Crippen LogP contribution is 2.33. The molecule has 4 N–H and O–H groups in total. The van der Waals surface area contributed by atoms with Crippen LogP contribution in [0.5, 0.6) is 0 Å². The van der Waals surface area contributed by atoms with E-state index in [0.717, 1.165) is 10.5 Å². The minimum absolute atomic E-state index is 0.0313. The molecule has 1 unspecified atom stereocenters. The number of piperazine rings is 1. The van der Waals surface area contributed by atoms with Gasteiger partial charge in [-0.2, -0.15) is 0 Å². The molecule has 0 aliphatic carbocycles. The summed E-state index contributed by atoms with van der Waals surface area (Å²) in [6, 6.07) is 12.3. The number of amides is 5. The normalized spacial score (nSPS) is 18.8. The average Bonchev–Trinajstić information content (AvgIpc) is 3.27. The third-order valence-electron chi connectivity index (χ3n) is 8.19. The number of halogens is 1. The van der Waals surface area contributed by atoms with E-state index in [9.17, 15) is 24.0 Å². The SMILES string of the molecule is NC(=O)c1ncccc1N1CCN(Cc2ccc(CNc3cccc4c3C(=O)N(C3CCC(=O)NC3=O)C4=O)c(F)c2)CC1. The number of nitrogens with zero attached hydrogens (tertiary/aromatic N) is 4. The van der Waals surface area contributed by atoms with Gasteiger partial charge in [0.2, 0.25) is 11.8 Å². The van der Waals surface area contributed by atoms with Gasteiger partial charge in [0.05, 0.1) is 16.8 Å². The van der Waals surface area contributed by atoms with Gasteiger partial charge in [-0.1, -0.05) is 18.2 Å². The van der Waals surface area contributed by atoms with Gasteiger partial charge in [0.1, 0.15) is 11.9 Å². The van der Waals surface area contributed by atoms with Gasteiger partial charge in [-0.3, -0.25) is 39.1 Å². The molecule has 3 aromatic rings. The number of rotatable bonds is 8. The number of primary amides is 1. The number of fused-ring (bicyclic) bond motifs is 1. The number of carbonyl (C=O) groups excluding carboxylic acids is 5. The van der Waals surface area contributed by atoms with E-state index in [1.807, 2.05) is 12.1 Å². The van der Waals surface area contributed by atoms with Crippen molar-refractivity contribution in [2.75, 3.05) is 36.4 Å². The van der Waals surface area contributed by atoms with Crippen molar-refractivity contribution < 1.29 is 28.4 Å². The molecule has 2 fully saturated rings. The van der Waals surface area contributed by atoms with E-state index in [4.69, 9.17) is 5.73 Å². The van der Waals surface area contributed by atoms with E-state index in [-0.39, 0.29) is 36.2 Å². The van der Waals surface area contributed by atoms with E-state index in [2.05, 4.69) is 25.4 Å². The zero-order valence-electron chi connectivity index (χ0n) is 23.7. The Morgan fingerprint density at radius 1 is 1.02 bits per heavy atom. The monoisotopic (exact) mass is 599 g/mol. The van der Waals surface area contributed by atoms with Crippen LogP contribution in [-0.2, 0) is 22.7 Å². The lowest BCUT2D eigenvalue weighted by atomic mass is 10.0. The van der Waals surface area contributed by atoms with Crippen LogP contribution in [0.1, 0.15) is 55.2 Å². The van der Waals surface area contributed by atoms with E-state index in [1.165, 1.54) is 18.3 Å².